The predicted octanol–water partition coefficient (Wildman–Crippen LogP) is 1.53. The van der Waals surface area contributed by atoms with E-state index >= 15 is 0 Å². The normalized spacial score (nSPS) is 30.3. The van der Waals surface area contributed by atoms with Crippen LogP contribution in [0.3, 0.4) is 0 Å². The van der Waals surface area contributed by atoms with Crippen molar-refractivity contribution in [2.45, 2.75) is 50.6 Å². The molecule has 0 bridgehead atoms. The maximum absolute atomic E-state index is 11.5. The Balaban J connectivity index is 1.75. The molecule has 2 atom stereocenters. The van der Waals surface area contributed by atoms with Crippen molar-refractivity contribution in [3.05, 3.63) is 0 Å². The summed E-state index contributed by atoms with van der Waals surface area (Å²) in [6.07, 6.45) is 6.32. The Hall–Kier alpha value is -1.24. The number of carbonyl (C=O) groups is 1. The van der Waals surface area contributed by atoms with Crippen LogP contribution >= 0.6 is 0 Å². The van der Waals surface area contributed by atoms with E-state index in [1.165, 1.54) is 6.42 Å². The average Bonchev–Trinajstić information content (AvgIpc) is 2.59. The van der Waals surface area contributed by atoms with Gasteiger partial charge in [0.15, 0.2) is 0 Å². The average molecular weight is 207 g/mol. The molecule has 2 saturated carbocycles. The lowest BCUT2D eigenvalue weighted by molar-refractivity contribution is 0.223. The fraction of sp³-hybridized carbons (Fsp3) is 0.818. The highest BCUT2D eigenvalue weighted by atomic mass is 16.2. The highest BCUT2D eigenvalue weighted by Gasteiger charge is 2.29. The van der Waals surface area contributed by atoms with Gasteiger partial charge in [-0.2, -0.15) is 5.26 Å². The van der Waals surface area contributed by atoms with Crippen molar-refractivity contribution in [2.75, 3.05) is 0 Å². The van der Waals surface area contributed by atoms with Gasteiger partial charge in [-0.3, -0.25) is 0 Å². The molecular formula is C11H17N3O. The Labute approximate surface area is 90.0 Å². The van der Waals surface area contributed by atoms with E-state index in [1.807, 2.05) is 0 Å². The number of hydrogen-bond donors (Lipinski definition) is 2. The van der Waals surface area contributed by atoms with Crippen LogP contribution in [0.15, 0.2) is 0 Å². The lowest BCUT2D eigenvalue weighted by Gasteiger charge is -2.27. The number of carbonyl (C=O) groups excluding carboxylic acids is 1. The van der Waals surface area contributed by atoms with Gasteiger partial charge in [0.1, 0.15) is 0 Å². The molecule has 0 radical (unpaired) electrons. The second kappa shape index (κ2) is 4.52. The fourth-order valence-corrected chi connectivity index (χ4v) is 2.24. The second-order valence-electron chi connectivity index (χ2n) is 4.52. The maximum atomic E-state index is 11.5. The third kappa shape index (κ3) is 2.41. The van der Waals surface area contributed by atoms with Crippen molar-refractivity contribution < 1.29 is 4.79 Å². The van der Waals surface area contributed by atoms with E-state index in [0.29, 0.717) is 6.04 Å². The van der Waals surface area contributed by atoms with Crippen LogP contribution in [0.25, 0.3) is 0 Å². The molecule has 82 valence electrons. The molecule has 0 aromatic rings. The van der Waals surface area contributed by atoms with Crippen molar-refractivity contribution in [3.63, 3.8) is 0 Å². The highest BCUT2D eigenvalue weighted by molar-refractivity contribution is 5.74. The van der Waals surface area contributed by atoms with E-state index in [2.05, 4.69) is 16.7 Å². The number of nitriles is 1. The second-order valence-corrected chi connectivity index (χ2v) is 4.52. The molecule has 0 aromatic carbocycles. The van der Waals surface area contributed by atoms with Crippen LogP contribution in [0, 0.1) is 17.2 Å². The lowest BCUT2D eigenvalue weighted by atomic mass is 9.93. The van der Waals surface area contributed by atoms with E-state index in [1.54, 1.807) is 0 Å². The third-order valence-corrected chi connectivity index (χ3v) is 3.44. The van der Waals surface area contributed by atoms with Crippen molar-refractivity contribution >= 4 is 6.03 Å². The maximum Gasteiger partial charge on any atom is 0.315 e. The summed E-state index contributed by atoms with van der Waals surface area (Å²) in [6, 6.07) is 2.60. The standard InChI is InChI=1S/C11H17N3O/c12-7-8-3-1-6-10(8)14-11(15)13-9-4-2-5-9/h8-10H,1-6H2,(H2,13,14,15). The first-order valence-electron chi connectivity index (χ1n) is 5.76. The first-order chi connectivity index (χ1) is 7.29. The summed E-state index contributed by atoms with van der Waals surface area (Å²) >= 11 is 0. The molecule has 0 aromatic heterocycles. The minimum absolute atomic E-state index is 0.0112. The number of nitrogens with one attached hydrogen (secondary N) is 2. The molecule has 4 nitrogen and oxygen atoms in total. The van der Waals surface area contributed by atoms with Gasteiger partial charge in [0.05, 0.1) is 12.0 Å². The smallest absolute Gasteiger partial charge is 0.315 e. The largest absolute Gasteiger partial charge is 0.335 e. The summed E-state index contributed by atoms with van der Waals surface area (Å²) in [5.74, 6) is 0.0112. The Morgan fingerprint density at radius 1 is 1.13 bits per heavy atom. The lowest BCUT2D eigenvalue weighted by Crippen LogP contribution is -2.49. The van der Waals surface area contributed by atoms with Crippen molar-refractivity contribution in [2.24, 2.45) is 5.92 Å². The van der Waals surface area contributed by atoms with Gasteiger partial charge in [-0.05, 0) is 38.5 Å². The van der Waals surface area contributed by atoms with Crippen LogP contribution in [-0.4, -0.2) is 18.1 Å². The van der Waals surface area contributed by atoms with Crippen LogP contribution in [0.5, 0.6) is 0 Å². The van der Waals surface area contributed by atoms with Crippen LogP contribution in [0.1, 0.15) is 38.5 Å². The molecule has 4 heteroatoms. The van der Waals surface area contributed by atoms with E-state index in [-0.39, 0.29) is 18.0 Å². The quantitative estimate of drug-likeness (QED) is 0.721. The molecule has 2 unspecified atom stereocenters. The van der Waals surface area contributed by atoms with Gasteiger partial charge in [-0.1, -0.05) is 0 Å². The highest BCUT2D eigenvalue weighted by Crippen LogP contribution is 2.25. The molecule has 15 heavy (non-hydrogen) atoms. The molecule has 0 spiro atoms. The molecule has 2 aliphatic rings. The van der Waals surface area contributed by atoms with Crippen molar-refractivity contribution in [1.29, 1.82) is 5.26 Å². The zero-order valence-corrected chi connectivity index (χ0v) is 8.83. The summed E-state index contributed by atoms with van der Waals surface area (Å²) in [6.45, 7) is 0. The van der Waals surface area contributed by atoms with Crippen molar-refractivity contribution in [1.82, 2.24) is 10.6 Å². The Morgan fingerprint density at radius 2 is 1.87 bits per heavy atom. The number of hydrogen-bond acceptors (Lipinski definition) is 2. The SMILES string of the molecule is N#CC1CCCC1NC(=O)NC1CCC1. The van der Waals surface area contributed by atoms with Gasteiger partial charge in [-0.25, -0.2) is 4.79 Å². The van der Waals surface area contributed by atoms with E-state index in [4.69, 9.17) is 5.26 Å². The molecular weight excluding hydrogens is 190 g/mol. The van der Waals surface area contributed by atoms with Crippen LogP contribution in [0.2, 0.25) is 0 Å². The third-order valence-electron chi connectivity index (χ3n) is 3.44. The number of amides is 2. The summed E-state index contributed by atoms with van der Waals surface area (Å²) in [5, 5.41) is 14.7. The molecule has 0 saturated heterocycles. The Bertz CT molecular complexity index is 280. The molecule has 2 amide bonds. The van der Waals surface area contributed by atoms with Gasteiger partial charge in [0.25, 0.3) is 0 Å². The van der Waals surface area contributed by atoms with Crippen molar-refractivity contribution in [3.8, 4) is 6.07 Å². The van der Waals surface area contributed by atoms with E-state index < -0.39 is 0 Å². The van der Waals surface area contributed by atoms with E-state index in [0.717, 1.165) is 32.1 Å². The summed E-state index contributed by atoms with van der Waals surface area (Å²) in [4.78, 5) is 11.5. The Kier molecular flexibility index (Phi) is 3.10. The van der Waals surface area contributed by atoms with Gasteiger partial charge in [0.2, 0.25) is 0 Å². The summed E-state index contributed by atoms with van der Waals surface area (Å²) < 4.78 is 0. The van der Waals surface area contributed by atoms with E-state index in [9.17, 15) is 4.79 Å². The first-order valence-corrected chi connectivity index (χ1v) is 5.76. The Morgan fingerprint density at radius 3 is 2.47 bits per heavy atom. The number of urea groups is 1. The summed E-state index contributed by atoms with van der Waals surface area (Å²) in [7, 11) is 0. The molecule has 2 N–H and O–H groups in total. The topological polar surface area (TPSA) is 64.9 Å². The van der Waals surface area contributed by atoms with Gasteiger partial charge >= 0.3 is 6.03 Å². The molecule has 2 rings (SSSR count). The van der Waals surface area contributed by atoms with Crippen LogP contribution in [0.4, 0.5) is 4.79 Å². The van der Waals surface area contributed by atoms with Gasteiger partial charge in [0, 0.05) is 12.1 Å². The molecule has 0 aliphatic heterocycles. The first kappa shape index (κ1) is 10.3. The predicted molar refractivity (Wildman–Crippen MR) is 56.0 cm³/mol. The number of rotatable bonds is 2. The van der Waals surface area contributed by atoms with Crippen LogP contribution < -0.4 is 10.6 Å². The van der Waals surface area contributed by atoms with Crippen LogP contribution in [-0.2, 0) is 0 Å². The monoisotopic (exact) mass is 207 g/mol. The zero-order valence-electron chi connectivity index (χ0n) is 8.83. The van der Waals surface area contributed by atoms with Gasteiger partial charge < -0.3 is 10.6 Å². The molecule has 2 fully saturated rings. The molecule has 2 aliphatic carbocycles. The fourth-order valence-electron chi connectivity index (χ4n) is 2.24. The minimum Gasteiger partial charge on any atom is -0.335 e. The minimum atomic E-state index is -0.0909. The summed E-state index contributed by atoms with van der Waals surface area (Å²) in [5.41, 5.74) is 0. The number of nitrogens with zero attached hydrogens (tertiary/aromatic N) is 1. The molecule has 0 heterocycles. The van der Waals surface area contributed by atoms with Gasteiger partial charge in [-0.15, -0.1) is 0 Å². The zero-order chi connectivity index (χ0) is 10.7.